The van der Waals surface area contributed by atoms with Crippen molar-refractivity contribution in [3.63, 3.8) is 0 Å². The molecule has 2 aromatic carbocycles. The van der Waals surface area contributed by atoms with Crippen LogP contribution >= 0.6 is 23.4 Å². The second-order valence-electron chi connectivity index (χ2n) is 5.59. The van der Waals surface area contributed by atoms with Gasteiger partial charge in [0.2, 0.25) is 5.91 Å². The van der Waals surface area contributed by atoms with Gasteiger partial charge < -0.3 is 9.88 Å². The lowest BCUT2D eigenvalue weighted by atomic mass is 10.2. The zero-order chi connectivity index (χ0) is 19.2. The monoisotopic (exact) mass is 397 g/mol. The summed E-state index contributed by atoms with van der Waals surface area (Å²) in [5.41, 5.74) is 2.08. The van der Waals surface area contributed by atoms with Crippen molar-refractivity contribution in [3.05, 3.63) is 59.1 Å². The van der Waals surface area contributed by atoms with Gasteiger partial charge in [0.25, 0.3) is 0 Å². The van der Waals surface area contributed by atoms with Crippen molar-refractivity contribution in [2.75, 3.05) is 11.1 Å². The predicted molar refractivity (Wildman–Crippen MR) is 107 cm³/mol. The van der Waals surface area contributed by atoms with Crippen molar-refractivity contribution in [1.29, 1.82) is 5.26 Å². The molecule has 3 aromatic rings. The molecule has 1 heterocycles. The Balaban J connectivity index is 1.67. The Hall–Kier alpha value is -2.82. The molecule has 8 heteroatoms. The SMILES string of the molecule is CCn1c(SCC(=O)Nc2ccc(C#N)cc2)nnc1-c1cccc(Cl)c1. The molecule has 0 fully saturated rings. The Bertz CT molecular complexity index is 994. The first-order valence-electron chi connectivity index (χ1n) is 8.22. The number of carbonyl (C=O) groups is 1. The first-order valence-corrected chi connectivity index (χ1v) is 9.59. The Morgan fingerprint density at radius 3 is 2.70 bits per heavy atom. The molecule has 3 rings (SSSR count). The van der Waals surface area contributed by atoms with Crippen molar-refractivity contribution in [1.82, 2.24) is 14.8 Å². The Labute approximate surface area is 166 Å². The van der Waals surface area contributed by atoms with E-state index in [0.29, 0.717) is 28.0 Å². The number of thioether (sulfide) groups is 1. The van der Waals surface area contributed by atoms with Crippen LogP contribution in [-0.4, -0.2) is 26.4 Å². The summed E-state index contributed by atoms with van der Waals surface area (Å²) in [5.74, 6) is 0.767. The van der Waals surface area contributed by atoms with Gasteiger partial charge in [0, 0.05) is 22.8 Å². The number of anilines is 1. The van der Waals surface area contributed by atoms with Gasteiger partial charge in [-0.3, -0.25) is 4.79 Å². The third-order valence-electron chi connectivity index (χ3n) is 3.75. The minimum Gasteiger partial charge on any atom is -0.325 e. The van der Waals surface area contributed by atoms with Crippen molar-refractivity contribution >= 4 is 35.0 Å². The van der Waals surface area contributed by atoms with E-state index < -0.39 is 0 Å². The number of halogens is 1. The number of amides is 1. The number of rotatable bonds is 6. The highest BCUT2D eigenvalue weighted by atomic mass is 35.5. The fourth-order valence-electron chi connectivity index (χ4n) is 2.48. The van der Waals surface area contributed by atoms with Crippen LogP contribution in [0.25, 0.3) is 11.4 Å². The number of nitrogens with one attached hydrogen (secondary N) is 1. The Kier molecular flexibility index (Phi) is 6.12. The molecule has 0 saturated carbocycles. The molecule has 136 valence electrons. The van der Waals surface area contributed by atoms with E-state index in [1.54, 1.807) is 30.3 Å². The molecule has 0 bridgehead atoms. The molecule has 1 aromatic heterocycles. The lowest BCUT2D eigenvalue weighted by Gasteiger charge is -2.08. The van der Waals surface area contributed by atoms with Gasteiger partial charge in [0.05, 0.1) is 17.4 Å². The second-order valence-corrected chi connectivity index (χ2v) is 6.97. The highest BCUT2D eigenvalue weighted by Crippen LogP contribution is 2.26. The molecule has 6 nitrogen and oxygen atoms in total. The topological polar surface area (TPSA) is 83.6 Å². The number of carbonyl (C=O) groups excluding carboxylic acids is 1. The second kappa shape index (κ2) is 8.71. The van der Waals surface area contributed by atoms with Crippen LogP contribution in [0.1, 0.15) is 12.5 Å². The van der Waals surface area contributed by atoms with Crippen molar-refractivity contribution < 1.29 is 4.79 Å². The summed E-state index contributed by atoms with van der Waals surface area (Å²) in [6.07, 6.45) is 0. The first-order chi connectivity index (χ1) is 13.1. The summed E-state index contributed by atoms with van der Waals surface area (Å²) in [7, 11) is 0. The van der Waals surface area contributed by atoms with E-state index in [0.717, 1.165) is 11.4 Å². The molecule has 0 unspecified atom stereocenters. The summed E-state index contributed by atoms with van der Waals surface area (Å²) in [6.45, 7) is 2.67. The van der Waals surface area contributed by atoms with Gasteiger partial charge in [-0.05, 0) is 43.3 Å². The molecule has 0 aliphatic heterocycles. The fourth-order valence-corrected chi connectivity index (χ4v) is 3.47. The third kappa shape index (κ3) is 4.67. The molecule has 0 aliphatic rings. The third-order valence-corrected chi connectivity index (χ3v) is 4.95. The van der Waals surface area contributed by atoms with Gasteiger partial charge in [0.1, 0.15) is 0 Å². The quantitative estimate of drug-likeness (QED) is 0.629. The van der Waals surface area contributed by atoms with E-state index >= 15 is 0 Å². The van der Waals surface area contributed by atoms with Crippen LogP contribution in [0.2, 0.25) is 5.02 Å². The van der Waals surface area contributed by atoms with Crippen LogP contribution in [0.4, 0.5) is 5.69 Å². The summed E-state index contributed by atoms with van der Waals surface area (Å²) in [6, 6.07) is 16.2. The number of hydrogen-bond acceptors (Lipinski definition) is 5. The summed E-state index contributed by atoms with van der Waals surface area (Å²) < 4.78 is 1.95. The van der Waals surface area contributed by atoms with Gasteiger partial charge in [-0.25, -0.2) is 0 Å². The van der Waals surface area contributed by atoms with E-state index in [2.05, 4.69) is 15.5 Å². The fraction of sp³-hybridized carbons (Fsp3) is 0.158. The normalized spacial score (nSPS) is 10.4. The number of aromatic nitrogens is 3. The largest absolute Gasteiger partial charge is 0.325 e. The Morgan fingerprint density at radius 1 is 1.26 bits per heavy atom. The van der Waals surface area contributed by atoms with E-state index in [1.165, 1.54) is 11.8 Å². The lowest BCUT2D eigenvalue weighted by molar-refractivity contribution is -0.113. The number of hydrogen-bond donors (Lipinski definition) is 1. The highest BCUT2D eigenvalue weighted by Gasteiger charge is 2.15. The molecule has 27 heavy (non-hydrogen) atoms. The smallest absolute Gasteiger partial charge is 0.234 e. The van der Waals surface area contributed by atoms with Gasteiger partial charge in [-0.1, -0.05) is 35.5 Å². The molecular weight excluding hydrogens is 382 g/mol. The Morgan fingerprint density at radius 2 is 2.04 bits per heavy atom. The number of benzene rings is 2. The minimum absolute atomic E-state index is 0.153. The molecule has 0 spiro atoms. The molecule has 0 atom stereocenters. The van der Waals surface area contributed by atoms with Crippen molar-refractivity contribution in [2.24, 2.45) is 0 Å². The van der Waals surface area contributed by atoms with Crippen molar-refractivity contribution in [2.45, 2.75) is 18.6 Å². The van der Waals surface area contributed by atoms with Gasteiger partial charge in [0.15, 0.2) is 11.0 Å². The maximum absolute atomic E-state index is 12.2. The zero-order valence-electron chi connectivity index (χ0n) is 14.5. The summed E-state index contributed by atoms with van der Waals surface area (Å²) >= 11 is 7.38. The van der Waals surface area contributed by atoms with E-state index in [4.69, 9.17) is 16.9 Å². The highest BCUT2D eigenvalue weighted by molar-refractivity contribution is 7.99. The molecule has 1 amide bonds. The van der Waals surface area contributed by atoms with Gasteiger partial charge >= 0.3 is 0 Å². The van der Waals surface area contributed by atoms with E-state index in [1.807, 2.05) is 35.8 Å². The first kappa shape index (κ1) is 19.0. The van der Waals surface area contributed by atoms with Crippen LogP contribution in [0.3, 0.4) is 0 Å². The molecule has 1 N–H and O–H groups in total. The van der Waals surface area contributed by atoms with E-state index in [9.17, 15) is 4.79 Å². The van der Waals surface area contributed by atoms with E-state index in [-0.39, 0.29) is 11.7 Å². The minimum atomic E-state index is -0.153. The maximum Gasteiger partial charge on any atom is 0.234 e. The lowest BCUT2D eigenvalue weighted by Crippen LogP contribution is -2.14. The molecule has 0 aliphatic carbocycles. The summed E-state index contributed by atoms with van der Waals surface area (Å²) in [4.78, 5) is 12.2. The maximum atomic E-state index is 12.2. The van der Waals surface area contributed by atoms with Crippen LogP contribution in [0.5, 0.6) is 0 Å². The predicted octanol–water partition coefficient (Wildman–Crippen LogP) is 4.22. The standard InChI is InChI=1S/C19H16ClN5OS/c1-2-25-18(14-4-3-5-15(20)10-14)23-24-19(25)27-12-17(26)22-16-8-6-13(11-21)7-9-16/h3-10H,2,12H2,1H3,(H,22,26). The molecule has 0 saturated heterocycles. The van der Waals surface area contributed by atoms with Crippen LogP contribution in [0, 0.1) is 11.3 Å². The summed E-state index contributed by atoms with van der Waals surface area (Å²) in [5, 5.41) is 21.4. The van der Waals surface area contributed by atoms with Crippen LogP contribution < -0.4 is 5.32 Å². The average molecular weight is 398 g/mol. The zero-order valence-corrected chi connectivity index (χ0v) is 16.1. The molecule has 0 radical (unpaired) electrons. The number of nitrogens with zero attached hydrogens (tertiary/aromatic N) is 4. The van der Waals surface area contributed by atoms with Crippen LogP contribution in [-0.2, 0) is 11.3 Å². The van der Waals surface area contributed by atoms with Gasteiger partial charge in [-0.15, -0.1) is 10.2 Å². The van der Waals surface area contributed by atoms with Crippen LogP contribution in [0.15, 0.2) is 53.7 Å². The van der Waals surface area contributed by atoms with Gasteiger partial charge in [-0.2, -0.15) is 5.26 Å². The number of nitriles is 1. The van der Waals surface area contributed by atoms with Crippen molar-refractivity contribution in [3.8, 4) is 17.5 Å². The molecular formula is C19H16ClN5OS. The average Bonchev–Trinajstić information content (AvgIpc) is 3.10.